The topological polar surface area (TPSA) is 63.5 Å². The minimum atomic E-state index is 0. The van der Waals surface area contributed by atoms with Gasteiger partial charge >= 0.3 is 0 Å². The van der Waals surface area contributed by atoms with Gasteiger partial charge in [0.2, 0.25) is 5.91 Å². The zero-order chi connectivity index (χ0) is 16.3. The fourth-order valence-electron chi connectivity index (χ4n) is 2.18. The number of methoxy groups -OCH3 is 1. The molecule has 0 aliphatic carbocycles. The van der Waals surface area contributed by atoms with Crippen molar-refractivity contribution in [3.8, 4) is 11.3 Å². The van der Waals surface area contributed by atoms with Gasteiger partial charge in [-0.1, -0.05) is 30.3 Å². The zero-order valence-corrected chi connectivity index (χ0v) is 14.7. The molecule has 2 aromatic rings. The average molecular weight is 353 g/mol. The summed E-state index contributed by atoms with van der Waals surface area (Å²) in [5.41, 5.74) is 1.05. The van der Waals surface area contributed by atoms with Crippen molar-refractivity contribution in [3.05, 3.63) is 48.2 Å². The van der Waals surface area contributed by atoms with Crippen LogP contribution in [0.3, 0.4) is 0 Å². The quantitative estimate of drug-likeness (QED) is 0.645. The first-order chi connectivity index (χ1) is 11.3. The molecule has 0 spiro atoms. The number of ether oxygens (including phenoxy) is 1. The summed E-state index contributed by atoms with van der Waals surface area (Å²) < 4.78 is 10.7. The van der Waals surface area contributed by atoms with E-state index in [4.69, 9.17) is 9.15 Å². The van der Waals surface area contributed by atoms with E-state index in [1.165, 1.54) is 0 Å². The van der Waals surface area contributed by atoms with Crippen molar-refractivity contribution >= 4 is 18.3 Å². The zero-order valence-electron chi connectivity index (χ0n) is 13.9. The predicted octanol–water partition coefficient (Wildman–Crippen LogP) is 2.65. The fourth-order valence-corrected chi connectivity index (χ4v) is 2.18. The van der Waals surface area contributed by atoms with E-state index in [2.05, 4.69) is 10.6 Å². The molecule has 0 fully saturated rings. The molecule has 0 bridgehead atoms. The van der Waals surface area contributed by atoms with Crippen molar-refractivity contribution in [2.24, 2.45) is 0 Å². The maximum atomic E-state index is 11.8. The van der Waals surface area contributed by atoms with Crippen molar-refractivity contribution < 1.29 is 13.9 Å². The Morgan fingerprint density at radius 1 is 1.08 bits per heavy atom. The summed E-state index contributed by atoms with van der Waals surface area (Å²) in [6.07, 6.45) is 1.04. The number of carbonyl (C=O) groups is 1. The molecule has 6 heteroatoms. The van der Waals surface area contributed by atoms with Gasteiger partial charge in [0.05, 0.1) is 6.61 Å². The van der Waals surface area contributed by atoms with Crippen LogP contribution in [-0.4, -0.2) is 39.3 Å². The predicted molar refractivity (Wildman–Crippen MR) is 97.5 cm³/mol. The average Bonchev–Trinajstić information content (AvgIpc) is 3.06. The maximum Gasteiger partial charge on any atom is 0.220 e. The first-order valence-electron chi connectivity index (χ1n) is 7.90. The Morgan fingerprint density at radius 3 is 2.62 bits per heavy atom. The highest BCUT2D eigenvalue weighted by molar-refractivity contribution is 5.85. The molecule has 1 heterocycles. The van der Waals surface area contributed by atoms with E-state index in [0.29, 0.717) is 26.0 Å². The number of furan rings is 1. The molecule has 0 saturated heterocycles. The molecule has 132 valence electrons. The summed E-state index contributed by atoms with van der Waals surface area (Å²) in [5.74, 6) is 1.71. The molecule has 0 aliphatic heterocycles. The summed E-state index contributed by atoms with van der Waals surface area (Å²) in [6.45, 7) is 2.83. The van der Waals surface area contributed by atoms with Crippen LogP contribution in [-0.2, 0) is 16.0 Å². The van der Waals surface area contributed by atoms with E-state index in [1.807, 2.05) is 42.5 Å². The number of carbonyl (C=O) groups excluding carboxylic acids is 1. The van der Waals surface area contributed by atoms with E-state index < -0.39 is 0 Å². The highest BCUT2D eigenvalue weighted by Gasteiger charge is 2.07. The third-order valence-electron chi connectivity index (χ3n) is 3.43. The lowest BCUT2D eigenvalue weighted by atomic mass is 10.2. The van der Waals surface area contributed by atoms with Crippen molar-refractivity contribution in [1.82, 2.24) is 10.6 Å². The van der Waals surface area contributed by atoms with Gasteiger partial charge in [0.25, 0.3) is 0 Å². The second-order valence-corrected chi connectivity index (χ2v) is 5.22. The van der Waals surface area contributed by atoms with E-state index in [-0.39, 0.29) is 18.3 Å². The number of aryl methyl sites for hydroxylation is 1. The van der Waals surface area contributed by atoms with Crippen LogP contribution in [0.5, 0.6) is 0 Å². The third kappa shape index (κ3) is 7.17. The van der Waals surface area contributed by atoms with Crippen molar-refractivity contribution in [3.63, 3.8) is 0 Å². The lowest BCUT2D eigenvalue weighted by molar-refractivity contribution is -0.121. The van der Waals surface area contributed by atoms with Gasteiger partial charge in [-0.25, -0.2) is 0 Å². The summed E-state index contributed by atoms with van der Waals surface area (Å²) in [7, 11) is 1.67. The van der Waals surface area contributed by atoms with Crippen LogP contribution in [0, 0.1) is 0 Å². The van der Waals surface area contributed by atoms with Gasteiger partial charge in [-0.15, -0.1) is 12.4 Å². The highest BCUT2D eigenvalue weighted by Crippen LogP contribution is 2.22. The Labute approximate surface area is 149 Å². The minimum absolute atomic E-state index is 0. The molecule has 0 atom stereocenters. The van der Waals surface area contributed by atoms with Crippen molar-refractivity contribution in [2.75, 3.05) is 33.4 Å². The van der Waals surface area contributed by atoms with Crippen LogP contribution in [0.15, 0.2) is 46.9 Å². The minimum Gasteiger partial charge on any atom is -0.461 e. The van der Waals surface area contributed by atoms with E-state index in [1.54, 1.807) is 7.11 Å². The molecule has 5 nitrogen and oxygen atoms in total. The Kier molecular flexibility index (Phi) is 9.84. The number of hydrogen-bond donors (Lipinski definition) is 2. The number of rotatable bonds is 10. The Hall–Kier alpha value is -1.82. The van der Waals surface area contributed by atoms with Gasteiger partial charge in [0.15, 0.2) is 0 Å². The van der Waals surface area contributed by atoms with Gasteiger partial charge < -0.3 is 19.8 Å². The molecule has 0 saturated carbocycles. The standard InChI is InChI=1S/C18H24N2O3.ClH/c1-22-14-13-19-11-12-20-18(21)10-8-16-7-9-17(23-16)15-5-3-2-4-6-15;/h2-7,9,19H,8,10-14H2,1H3,(H,20,21);1H. The van der Waals surface area contributed by atoms with Gasteiger partial charge in [-0.3, -0.25) is 4.79 Å². The maximum absolute atomic E-state index is 11.8. The van der Waals surface area contributed by atoms with Crippen molar-refractivity contribution in [1.29, 1.82) is 0 Å². The lowest BCUT2D eigenvalue weighted by Gasteiger charge is -2.06. The van der Waals surface area contributed by atoms with Crippen LogP contribution in [0.1, 0.15) is 12.2 Å². The molecule has 1 aromatic heterocycles. The second kappa shape index (κ2) is 11.7. The third-order valence-corrected chi connectivity index (χ3v) is 3.43. The Bertz CT molecular complexity index is 587. The van der Waals surface area contributed by atoms with E-state index in [9.17, 15) is 4.79 Å². The van der Waals surface area contributed by atoms with Crippen molar-refractivity contribution in [2.45, 2.75) is 12.8 Å². The monoisotopic (exact) mass is 352 g/mol. The summed E-state index contributed by atoms with van der Waals surface area (Å²) in [6, 6.07) is 13.8. The first-order valence-corrected chi connectivity index (χ1v) is 7.90. The molecular weight excluding hydrogens is 328 g/mol. The smallest absolute Gasteiger partial charge is 0.220 e. The Morgan fingerprint density at radius 2 is 1.88 bits per heavy atom. The number of halogens is 1. The second-order valence-electron chi connectivity index (χ2n) is 5.22. The van der Waals surface area contributed by atoms with Crippen LogP contribution >= 0.6 is 12.4 Å². The van der Waals surface area contributed by atoms with Crippen LogP contribution < -0.4 is 10.6 Å². The normalized spacial score (nSPS) is 10.2. The summed E-state index contributed by atoms with van der Waals surface area (Å²) in [4.78, 5) is 11.8. The van der Waals surface area contributed by atoms with Crippen LogP contribution in [0.2, 0.25) is 0 Å². The SMILES string of the molecule is COCCNCCNC(=O)CCc1ccc(-c2ccccc2)o1.Cl. The molecule has 1 amide bonds. The number of benzene rings is 1. The number of hydrogen-bond acceptors (Lipinski definition) is 4. The number of amides is 1. The molecular formula is C18H25ClN2O3. The molecule has 0 radical (unpaired) electrons. The molecule has 24 heavy (non-hydrogen) atoms. The Balaban J connectivity index is 0.00000288. The molecule has 1 aromatic carbocycles. The van der Waals surface area contributed by atoms with Gasteiger partial charge in [-0.05, 0) is 12.1 Å². The lowest BCUT2D eigenvalue weighted by Crippen LogP contribution is -2.33. The molecule has 0 aliphatic rings. The summed E-state index contributed by atoms with van der Waals surface area (Å²) >= 11 is 0. The fraction of sp³-hybridized carbons (Fsp3) is 0.389. The number of nitrogens with one attached hydrogen (secondary N) is 2. The van der Waals surface area contributed by atoms with Crippen LogP contribution in [0.25, 0.3) is 11.3 Å². The van der Waals surface area contributed by atoms with Gasteiger partial charge in [-0.2, -0.15) is 0 Å². The van der Waals surface area contributed by atoms with E-state index >= 15 is 0 Å². The van der Waals surface area contributed by atoms with Gasteiger partial charge in [0.1, 0.15) is 11.5 Å². The molecule has 0 unspecified atom stereocenters. The summed E-state index contributed by atoms with van der Waals surface area (Å²) in [5, 5.41) is 6.06. The van der Waals surface area contributed by atoms with Crippen LogP contribution in [0.4, 0.5) is 0 Å². The molecule has 2 rings (SSSR count). The molecule has 2 N–H and O–H groups in total. The highest BCUT2D eigenvalue weighted by atomic mass is 35.5. The first kappa shape index (κ1) is 20.2. The van der Waals surface area contributed by atoms with E-state index in [0.717, 1.165) is 30.2 Å². The largest absolute Gasteiger partial charge is 0.461 e. The van der Waals surface area contributed by atoms with Gasteiger partial charge in [0, 0.05) is 45.1 Å².